The summed E-state index contributed by atoms with van der Waals surface area (Å²) in [6, 6.07) is 10.2. The van der Waals surface area contributed by atoms with Gasteiger partial charge in [-0.15, -0.1) is 0 Å². The zero-order valence-electron chi connectivity index (χ0n) is 15.6. The lowest BCUT2D eigenvalue weighted by molar-refractivity contribution is 0.171. The SMILES string of the molecule is COc1cccc(F)c1-c1nc2cnccn2c1Nc1ccc2c(c1)OCCO2. The average molecular weight is 392 g/mol. The van der Waals surface area contributed by atoms with E-state index in [0.717, 1.165) is 5.69 Å². The highest BCUT2D eigenvalue weighted by Crippen LogP contribution is 2.39. The van der Waals surface area contributed by atoms with Crippen LogP contribution in [-0.4, -0.2) is 34.7 Å². The topological polar surface area (TPSA) is 69.9 Å². The van der Waals surface area contributed by atoms with Crippen LogP contribution in [-0.2, 0) is 0 Å². The van der Waals surface area contributed by atoms with E-state index in [-0.39, 0.29) is 5.56 Å². The minimum Gasteiger partial charge on any atom is -0.496 e. The molecule has 0 bridgehead atoms. The highest BCUT2D eigenvalue weighted by atomic mass is 19.1. The first kappa shape index (κ1) is 17.3. The monoisotopic (exact) mass is 392 g/mol. The van der Waals surface area contributed by atoms with E-state index in [1.165, 1.54) is 13.2 Å². The highest BCUT2D eigenvalue weighted by Gasteiger charge is 2.22. The number of fused-ring (bicyclic) bond motifs is 2. The molecule has 7 nitrogen and oxygen atoms in total. The third kappa shape index (κ3) is 2.98. The molecule has 146 valence electrons. The lowest BCUT2D eigenvalue weighted by Crippen LogP contribution is -2.15. The Morgan fingerprint density at radius 3 is 2.86 bits per heavy atom. The van der Waals surface area contributed by atoms with Crippen molar-refractivity contribution in [2.75, 3.05) is 25.6 Å². The number of hydrogen-bond acceptors (Lipinski definition) is 6. The van der Waals surface area contributed by atoms with Crippen LogP contribution in [0.3, 0.4) is 0 Å². The van der Waals surface area contributed by atoms with Crippen LogP contribution < -0.4 is 19.5 Å². The van der Waals surface area contributed by atoms with Crippen LogP contribution in [0.15, 0.2) is 55.0 Å². The molecule has 4 aromatic rings. The van der Waals surface area contributed by atoms with Crippen LogP contribution in [0.1, 0.15) is 0 Å². The van der Waals surface area contributed by atoms with Gasteiger partial charge in [-0.25, -0.2) is 9.37 Å². The second-order valence-electron chi connectivity index (χ2n) is 6.41. The van der Waals surface area contributed by atoms with Gasteiger partial charge in [0.25, 0.3) is 0 Å². The number of benzene rings is 2. The Bertz CT molecular complexity index is 1210. The van der Waals surface area contributed by atoms with E-state index >= 15 is 0 Å². The van der Waals surface area contributed by atoms with Gasteiger partial charge in [-0.3, -0.25) is 9.38 Å². The van der Waals surface area contributed by atoms with Crippen molar-refractivity contribution in [2.45, 2.75) is 0 Å². The van der Waals surface area contributed by atoms with Crippen molar-refractivity contribution in [2.24, 2.45) is 0 Å². The molecule has 2 aromatic heterocycles. The van der Waals surface area contributed by atoms with E-state index in [0.29, 0.717) is 47.6 Å². The molecule has 0 radical (unpaired) electrons. The zero-order chi connectivity index (χ0) is 19.8. The number of halogens is 1. The van der Waals surface area contributed by atoms with E-state index in [2.05, 4.69) is 15.3 Å². The molecule has 0 spiro atoms. The van der Waals surface area contributed by atoms with Gasteiger partial charge in [0.1, 0.15) is 36.3 Å². The molecular formula is C21H17FN4O3. The Labute approximate surface area is 165 Å². The third-order valence-electron chi connectivity index (χ3n) is 4.67. The largest absolute Gasteiger partial charge is 0.496 e. The minimum absolute atomic E-state index is 0.277. The molecule has 8 heteroatoms. The summed E-state index contributed by atoms with van der Waals surface area (Å²) in [7, 11) is 1.50. The molecule has 5 rings (SSSR count). The fraction of sp³-hybridized carbons (Fsp3) is 0.143. The van der Waals surface area contributed by atoms with E-state index < -0.39 is 5.82 Å². The van der Waals surface area contributed by atoms with Crippen LogP contribution in [0, 0.1) is 5.82 Å². The fourth-order valence-corrected chi connectivity index (χ4v) is 3.36. The minimum atomic E-state index is -0.425. The van der Waals surface area contributed by atoms with E-state index in [4.69, 9.17) is 14.2 Å². The molecule has 0 saturated heterocycles. The maximum absolute atomic E-state index is 14.8. The Balaban J connectivity index is 1.67. The molecule has 1 N–H and O–H groups in total. The van der Waals surface area contributed by atoms with Crippen LogP contribution in [0.2, 0.25) is 0 Å². The molecular weight excluding hydrogens is 375 g/mol. The van der Waals surface area contributed by atoms with Crippen LogP contribution in [0.5, 0.6) is 17.2 Å². The molecule has 29 heavy (non-hydrogen) atoms. The van der Waals surface area contributed by atoms with Crippen LogP contribution >= 0.6 is 0 Å². The summed E-state index contributed by atoms with van der Waals surface area (Å²) in [6.07, 6.45) is 5.03. The molecule has 0 unspecified atom stereocenters. The van der Waals surface area contributed by atoms with Crippen LogP contribution in [0.4, 0.5) is 15.9 Å². The zero-order valence-corrected chi connectivity index (χ0v) is 15.6. The third-order valence-corrected chi connectivity index (χ3v) is 4.67. The Kier molecular flexibility index (Phi) is 4.16. The van der Waals surface area contributed by atoms with Gasteiger partial charge < -0.3 is 19.5 Å². The summed E-state index contributed by atoms with van der Waals surface area (Å²) in [5.41, 5.74) is 2.03. The predicted octanol–water partition coefficient (Wildman–Crippen LogP) is 4.06. The number of methoxy groups -OCH3 is 1. The number of nitrogens with zero attached hydrogens (tertiary/aromatic N) is 3. The normalized spacial score (nSPS) is 12.8. The maximum Gasteiger partial charge on any atom is 0.163 e. The highest BCUT2D eigenvalue weighted by molar-refractivity contribution is 5.83. The first-order chi connectivity index (χ1) is 14.2. The summed E-state index contributed by atoms with van der Waals surface area (Å²) in [5.74, 6) is 1.90. The molecule has 2 aromatic carbocycles. The van der Waals surface area contributed by atoms with Gasteiger partial charge in [0.15, 0.2) is 17.1 Å². The maximum atomic E-state index is 14.8. The van der Waals surface area contributed by atoms with Crippen molar-refractivity contribution in [3.63, 3.8) is 0 Å². The summed E-state index contributed by atoms with van der Waals surface area (Å²) in [5, 5.41) is 3.34. The molecule has 0 fully saturated rings. The number of imidazole rings is 1. The molecule has 0 saturated carbocycles. The van der Waals surface area contributed by atoms with Gasteiger partial charge in [0.05, 0.1) is 18.9 Å². The van der Waals surface area contributed by atoms with E-state index in [9.17, 15) is 4.39 Å². The lowest BCUT2D eigenvalue weighted by atomic mass is 10.1. The Hall–Kier alpha value is -3.81. The second kappa shape index (κ2) is 6.97. The molecule has 0 amide bonds. The number of rotatable bonds is 4. The van der Waals surface area contributed by atoms with E-state index in [1.807, 2.05) is 22.6 Å². The average Bonchev–Trinajstić information content (AvgIpc) is 3.11. The van der Waals surface area contributed by atoms with Gasteiger partial charge >= 0.3 is 0 Å². The number of ether oxygens (including phenoxy) is 3. The van der Waals surface area contributed by atoms with Gasteiger partial charge in [-0.2, -0.15) is 0 Å². The molecule has 1 aliphatic heterocycles. The lowest BCUT2D eigenvalue weighted by Gasteiger charge is -2.19. The van der Waals surface area contributed by atoms with Crippen molar-refractivity contribution in [1.82, 2.24) is 14.4 Å². The first-order valence-corrected chi connectivity index (χ1v) is 9.06. The van der Waals surface area contributed by atoms with Crippen molar-refractivity contribution in [3.8, 4) is 28.5 Å². The smallest absolute Gasteiger partial charge is 0.163 e. The number of nitrogens with one attached hydrogen (secondary N) is 1. The molecule has 0 aliphatic carbocycles. The number of hydrogen-bond donors (Lipinski definition) is 1. The summed E-state index contributed by atoms with van der Waals surface area (Å²) in [4.78, 5) is 8.72. The van der Waals surface area contributed by atoms with Crippen LogP contribution in [0.25, 0.3) is 16.9 Å². The Morgan fingerprint density at radius 2 is 2.00 bits per heavy atom. The van der Waals surface area contributed by atoms with Gasteiger partial charge in [0.2, 0.25) is 0 Å². The molecule has 1 aliphatic rings. The fourth-order valence-electron chi connectivity index (χ4n) is 3.36. The Morgan fingerprint density at radius 1 is 1.14 bits per heavy atom. The first-order valence-electron chi connectivity index (χ1n) is 9.06. The van der Waals surface area contributed by atoms with E-state index in [1.54, 1.807) is 30.7 Å². The van der Waals surface area contributed by atoms with Crippen molar-refractivity contribution < 1.29 is 18.6 Å². The second-order valence-corrected chi connectivity index (χ2v) is 6.41. The predicted molar refractivity (Wildman–Crippen MR) is 106 cm³/mol. The van der Waals surface area contributed by atoms with Crippen molar-refractivity contribution >= 4 is 17.2 Å². The summed E-state index contributed by atoms with van der Waals surface area (Å²) in [6.45, 7) is 1.02. The molecule has 0 atom stereocenters. The van der Waals surface area contributed by atoms with Gasteiger partial charge in [0, 0.05) is 24.1 Å². The summed E-state index contributed by atoms with van der Waals surface area (Å²) < 4.78 is 33.2. The number of anilines is 2. The quantitative estimate of drug-likeness (QED) is 0.565. The van der Waals surface area contributed by atoms with Crippen molar-refractivity contribution in [3.05, 3.63) is 60.8 Å². The van der Waals surface area contributed by atoms with Gasteiger partial charge in [-0.05, 0) is 24.3 Å². The van der Waals surface area contributed by atoms with Crippen molar-refractivity contribution in [1.29, 1.82) is 0 Å². The molecule has 3 heterocycles. The standard InChI is InChI=1S/C21H17FN4O3/c1-27-16-4-2-3-14(22)19(16)20-21(26-8-7-23-12-18(26)25-20)24-13-5-6-15-17(11-13)29-10-9-28-15/h2-8,11-12,24H,9-10H2,1H3. The van der Waals surface area contributed by atoms with Gasteiger partial charge in [-0.1, -0.05) is 6.07 Å². The number of aromatic nitrogens is 3. The summed E-state index contributed by atoms with van der Waals surface area (Å²) >= 11 is 0.